The molecule has 1 aromatic carbocycles. The Morgan fingerprint density at radius 1 is 1.45 bits per heavy atom. The minimum atomic E-state index is -0.252. The highest BCUT2D eigenvalue weighted by atomic mass is 35.5. The van der Waals surface area contributed by atoms with Crippen LogP contribution in [-0.2, 0) is 19.4 Å². The number of methoxy groups -OCH3 is 1. The van der Waals surface area contributed by atoms with Crippen molar-refractivity contribution in [2.24, 2.45) is 5.73 Å². The van der Waals surface area contributed by atoms with E-state index in [9.17, 15) is 4.39 Å². The highest BCUT2D eigenvalue weighted by molar-refractivity contribution is 5.88. The Kier molecular flexibility index (Phi) is 4.25. The molecule has 0 bridgehead atoms. The second kappa shape index (κ2) is 5.62. The lowest BCUT2D eigenvalue weighted by Crippen LogP contribution is -2.18. The fourth-order valence-corrected chi connectivity index (χ4v) is 3.16. The fraction of sp³-hybridized carbons (Fsp3) is 0.467. The first-order valence-electron chi connectivity index (χ1n) is 6.75. The molecule has 110 valence electrons. The topological polar surface area (TPSA) is 40.2 Å². The minimum absolute atomic E-state index is 0. The predicted molar refractivity (Wildman–Crippen MR) is 81.4 cm³/mol. The van der Waals surface area contributed by atoms with E-state index in [1.807, 2.05) is 13.0 Å². The fourth-order valence-electron chi connectivity index (χ4n) is 3.16. The highest BCUT2D eigenvalue weighted by Gasteiger charge is 2.25. The molecule has 2 N–H and O–H groups in total. The SMILES string of the molecule is COc1ccc2c(c1F)c(C[C@H](C)N)c1n2CCC1.Cl. The monoisotopic (exact) mass is 298 g/mol. The Morgan fingerprint density at radius 3 is 2.85 bits per heavy atom. The lowest BCUT2D eigenvalue weighted by atomic mass is 10.0. The van der Waals surface area contributed by atoms with Gasteiger partial charge in [0.05, 0.1) is 12.6 Å². The van der Waals surface area contributed by atoms with Crippen LogP contribution >= 0.6 is 12.4 Å². The maximum Gasteiger partial charge on any atom is 0.174 e. The van der Waals surface area contributed by atoms with E-state index in [0.29, 0.717) is 17.6 Å². The van der Waals surface area contributed by atoms with E-state index >= 15 is 0 Å². The number of aryl methyl sites for hydroxylation is 1. The Hall–Kier alpha value is -1.26. The van der Waals surface area contributed by atoms with E-state index in [2.05, 4.69) is 4.57 Å². The summed E-state index contributed by atoms with van der Waals surface area (Å²) in [6.07, 6.45) is 2.85. The third-order valence-electron chi connectivity index (χ3n) is 3.89. The largest absolute Gasteiger partial charge is 0.494 e. The van der Waals surface area contributed by atoms with E-state index in [4.69, 9.17) is 10.5 Å². The summed E-state index contributed by atoms with van der Waals surface area (Å²) < 4.78 is 21.9. The van der Waals surface area contributed by atoms with Crippen molar-refractivity contribution in [3.05, 3.63) is 29.2 Å². The Labute approximate surface area is 124 Å². The first kappa shape index (κ1) is 15.1. The third kappa shape index (κ3) is 2.17. The van der Waals surface area contributed by atoms with Gasteiger partial charge in [0.1, 0.15) is 0 Å². The van der Waals surface area contributed by atoms with Crippen molar-refractivity contribution in [1.82, 2.24) is 4.57 Å². The van der Waals surface area contributed by atoms with E-state index < -0.39 is 0 Å². The Bertz CT molecular complexity index is 637. The van der Waals surface area contributed by atoms with Crippen molar-refractivity contribution in [2.45, 2.75) is 38.8 Å². The molecular formula is C15H20ClFN2O. The van der Waals surface area contributed by atoms with E-state index in [1.54, 1.807) is 6.07 Å². The number of fused-ring (bicyclic) bond motifs is 3. The molecule has 0 saturated carbocycles. The average Bonchev–Trinajstić information content (AvgIpc) is 2.93. The van der Waals surface area contributed by atoms with E-state index in [0.717, 1.165) is 30.5 Å². The summed E-state index contributed by atoms with van der Waals surface area (Å²) in [5.41, 5.74) is 9.22. The molecule has 20 heavy (non-hydrogen) atoms. The molecular weight excluding hydrogens is 279 g/mol. The van der Waals surface area contributed by atoms with Crippen molar-refractivity contribution >= 4 is 23.3 Å². The van der Waals surface area contributed by atoms with Gasteiger partial charge in [-0.15, -0.1) is 12.4 Å². The summed E-state index contributed by atoms with van der Waals surface area (Å²) in [5, 5.41) is 0.700. The van der Waals surface area contributed by atoms with Gasteiger partial charge in [0.25, 0.3) is 0 Å². The zero-order valence-corrected chi connectivity index (χ0v) is 12.6. The summed E-state index contributed by atoms with van der Waals surface area (Å²) >= 11 is 0. The zero-order chi connectivity index (χ0) is 13.6. The second-order valence-electron chi connectivity index (χ2n) is 5.34. The molecule has 1 aliphatic heterocycles. The van der Waals surface area contributed by atoms with E-state index in [1.165, 1.54) is 12.8 Å². The third-order valence-corrected chi connectivity index (χ3v) is 3.89. The van der Waals surface area contributed by atoms with Gasteiger partial charge >= 0.3 is 0 Å². The van der Waals surface area contributed by atoms with Crippen molar-refractivity contribution in [3.8, 4) is 5.75 Å². The molecule has 3 rings (SSSR count). The summed E-state index contributed by atoms with van der Waals surface area (Å²) in [6.45, 7) is 2.93. The minimum Gasteiger partial charge on any atom is -0.494 e. The summed E-state index contributed by atoms with van der Waals surface area (Å²) in [5.74, 6) is 0.0558. The van der Waals surface area contributed by atoms with Gasteiger partial charge in [-0.1, -0.05) is 0 Å². The number of ether oxygens (including phenoxy) is 1. The number of aromatic nitrogens is 1. The van der Waals surface area contributed by atoms with Crippen LogP contribution in [0.15, 0.2) is 12.1 Å². The Morgan fingerprint density at radius 2 is 2.20 bits per heavy atom. The van der Waals surface area contributed by atoms with Gasteiger partial charge in [-0.05, 0) is 43.9 Å². The molecule has 1 aromatic heterocycles. The van der Waals surface area contributed by atoms with Gasteiger partial charge in [-0.2, -0.15) is 0 Å². The molecule has 0 radical (unpaired) electrons. The summed E-state index contributed by atoms with van der Waals surface area (Å²) in [4.78, 5) is 0. The van der Waals surface area contributed by atoms with Gasteiger partial charge in [0.15, 0.2) is 11.6 Å². The van der Waals surface area contributed by atoms with Crippen LogP contribution in [0.5, 0.6) is 5.75 Å². The average molecular weight is 299 g/mol. The quantitative estimate of drug-likeness (QED) is 0.946. The van der Waals surface area contributed by atoms with Gasteiger partial charge in [0.2, 0.25) is 0 Å². The van der Waals surface area contributed by atoms with Crippen LogP contribution in [0, 0.1) is 5.82 Å². The predicted octanol–water partition coefficient (Wildman–Crippen LogP) is 3.05. The van der Waals surface area contributed by atoms with Gasteiger partial charge in [-0.25, -0.2) is 4.39 Å². The van der Waals surface area contributed by atoms with Crippen LogP contribution in [0.3, 0.4) is 0 Å². The molecule has 2 aromatic rings. The van der Waals surface area contributed by atoms with Crippen LogP contribution in [0.4, 0.5) is 4.39 Å². The normalized spacial score (nSPS) is 15.0. The summed E-state index contributed by atoms with van der Waals surface area (Å²) in [7, 11) is 1.50. The highest BCUT2D eigenvalue weighted by Crippen LogP contribution is 2.36. The maximum atomic E-state index is 14.6. The maximum absolute atomic E-state index is 14.6. The van der Waals surface area contributed by atoms with Crippen LogP contribution in [0.25, 0.3) is 10.9 Å². The number of rotatable bonds is 3. The molecule has 3 nitrogen and oxygen atoms in total. The lowest BCUT2D eigenvalue weighted by Gasteiger charge is -2.08. The molecule has 0 saturated heterocycles. The van der Waals surface area contributed by atoms with E-state index in [-0.39, 0.29) is 24.3 Å². The number of hydrogen-bond acceptors (Lipinski definition) is 2. The van der Waals surface area contributed by atoms with Crippen LogP contribution in [0.2, 0.25) is 0 Å². The first-order valence-corrected chi connectivity index (χ1v) is 6.75. The molecule has 0 amide bonds. The van der Waals surface area contributed by atoms with Crippen molar-refractivity contribution < 1.29 is 9.13 Å². The molecule has 0 spiro atoms. The Balaban J connectivity index is 0.00000147. The van der Waals surface area contributed by atoms with Crippen molar-refractivity contribution in [2.75, 3.05) is 7.11 Å². The van der Waals surface area contributed by atoms with Gasteiger partial charge in [0, 0.05) is 23.7 Å². The second-order valence-corrected chi connectivity index (χ2v) is 5.34. The molecule has 2 heterocycles. The van der Waals surface area contributed by atoms with Crippen LogP contribution < -0.4 is 10.5 Å². The number of halogens is 2. The van der Waals surface area contributed by atoms with Gasteiger partial charge in [-0.3, -0.25) is 0 Å². The number of nitrogens with zero attached hydrogens (tertiary/aromatic N) is 1. The van der Waals surface area contributed by atoms with Crippen molar-refractivity contribution in [3.63, 3.8) is 0 Å². The van der Waals surface area contributed by atoms with Crippen LogP contribution in [-0.4, -0.2) is 17.7 Å². The molecule has 1 aliphatic rings. The van der Waals surface area contributed by atoms with Crippen LogP contribution in [0.1, 0.15) is 24.6 Å². The number of benzene rings is 1. The molecule has 0 aliphatic carbocycles. The van der Waals surface area contributed by atoms with Gasteiger partial charge < -0.3 is 15.0 Å². The smallest absolute Gasteiger partial charge is 0.174 e. The van der Waals surface area contributed by atoms with Crippen molar-refractivity contribution in [1.29, 1.82) is 0 Å². The molecule has 0 fully saturated rings. The lowest BCUT2D eigenvalue weighted by molar-refractivity contribution is 0.389. The zero-order valence-electron chi connectivity index (χ0n) is 11.8. The first-order chi connectivity index (χ1) is 9.13. The number of nitrogens with two attached hydrogens (primary N) is 1. The molecule has 1 atom stereocenters. The molecule has 0 unspecified atom stereocenters. The standard InChI is InChI=1S/C15H19FN2O.ClH/c1-9(17)8-10-11-4-3-7-18(11)12-5-6-13(19-2)15(16)14(10)12;/h5-6,9H,3-4,7-8,17H2,1-2H3;1H/t9-;/m0./s1. The number of hydrogen-bond donors (Lipinski definition) is 1. The summed E-state index contributed by atoms with van der Waals surface area (Å²) in [6, 6.07) is 3.69. The molecule has 5 heteroatoms.